The van der Waals surface area contributed by atoms with Crippen LogP contribution in [-0.2, 0) is 15.9 Å². The van der Waals surface area contributed by atoms with Crippen molar-refractivity contribution in [3.05, 3.63) is 35.4 Å². The molecule has 2 amide bonds. The van der Waals surface area contributed by atoms with Gasteiger partial charge in [-0.3, -0.25) is 4.79 Å². The SMILES string of the molecule is CC(C)(C)OC(=O)NN(C(=O)OC(C)(C)C)[C@@]1(C)CCc2ccccc2C1=O. The zero-order valence-corrected chi connectivity index (χ0v) is 17.7. The van der Waals surface area contributed by atoms with Crippen molar-refractivity contribution in [2.75, 3.05) is 0 Å². The van der Waals surface area contributed by atoms with Gasteiger partial charge in [0.2, 0.25) is 0 Å². The van der Waals surface area contributed by atoms with Gasteiger partial charge in [-0.1, -0.05) is 24.3 Å². The van der Waals surface area contributed by atoms with Gasteiger partial charge < -0.3 is 9.47 Å². The van der Waals surface area contributed by atoms with Crippen molar-refractivity contribution < 1.29 is 23.9 Å². The van der Waals surface area contributed by atoms with Crippen molar-refractivity contribution in [2.45, 2.75) is 78.0 Å². The summed E-state index contributed by atoms with van der Waals surface area (Å²) in [6, 6.07) is 7.28. The minimum Gasteiger partial charge on any atom is -0.443 e. The molecule has 0 bridgehead atoms. The van der Waals surface area contributed by atoms with E-state index in [1.807, 2.05) is 12.1 Å². The first-order valence-corrected chi connectivity index (χ1v) is 9.38. The van der Waals surface area contributed by atoms with Gasteiger partial charge in [-0.2, -0.15) is 0 Å². The number of ketones is 1. The molecule has 7 nitrogen and oxygen atoms in total. The number of ether oxygens (including phenoxy) is 2. The minimum atomic E-state index is -1.30. The number of nitrogens with zero attached hydrogens (tertiary/aromatic N) is 1. The highest BCUT2D eigenvalue weighted by molar-refractivity contribution is 6.06. The Morgan fingerprint density at radius 3 is 2.18 bits per heavy atom. The molecule has 0 saturated heterocycles. The molecule has 28 heavy (non-hydrogen) atoms. The lowest BCUT2D eigenvalue weighted by atomic mass is 9.77. The Balaban J connectivity index is 2.39. The minimum absolute atomic E-state index is 0.253. The zero-order chi connectivity index (χ0) is 21.3. The molecule has 0 aromatic heterocycles. The lowest BCUT2D eigenvalue weighted by Crippen LogP contribution is -2.64. The van der Waals surface area contributed by atoms with E-state index in [1.54, 1.807) is 60.6 Å². The summed E-state index contributed by atoms with van der Waals surface area (Å²) < 4.78 is 10.7. The molecule has 0 fully saturated rings. The normalized spacial score (nSPS) is 19.5. The van der Waals surface area contributed by atoms with Crippen LogP contribution in [0.5, 0.6) is 0 Å². The van der Waals surface area contributed by atoms with Gasteiger partial charge in [-0.25, -0.2) is 20.0 Å². The number of aryl methyl sites for hydroxylation is 1. The van der Waals surface area contributed by atoms with E-state index < -0.39 is 28.9 Å². The van der Waals surface area contributed by atoms with E-state index in [1.165, 1.54) is 0 Å². The maximum absolute atomic E-state index is 13.3. The largest absolute Gasteiger partial charge is 0.443 e. The first-order chi connectivity index (χ1) is 12.7. The Morgan fingerprint density at radius 2 is 1.61 bits per heavy atom. The molecule has 1 aliphatic carbocycles. The third-order valence-corrected chi connectivity index (χ3v) is 4.30. The second-order valence-electron chi connectivity index (χ2n) is 9.19. The number of hydrogen-bond donors (Lipinski definition) is 1. The third-order valence-electron chi connectivity index (χ3n) is 4.30. The predicted molar refractivity (Wildman–Crippen MR) is 105 cm³/mol. The molecular weight excluding hydrogens is 360 g/mol. The van der Waals surface area contributed by atoms with E-state index >= 15 is 0 Å². The van der Waals surface area contributed by atoms with Crippen molar-refractivity contribution in [3.8, 4) is 0 Å². The van der Waals surface area contributed by atoms with Gasteiger partial charge in [0, 0.05) is 5.56 Å². The van der Waals surface area contributed by atoms with Gasteiger partial charge >= 0.3 is 12.2 Å². The lowest BCUT2D eigenvalue weighted by Gasteiger charge is -2.42. The van der Waals surface area contributed by atoms with E-state index in [9.17, 15) is 14.4 Å². The summed E-state index contributed by atoms with van der Waals surface area (Å²) in [4.78, 5) is 38.6. The zero-order valence-electron chi connectivity index (χ0n) is 17.7. The van der Waals surface area contributed by atoms with Gasteiger partial charge in [-0.15, -0.1) is 0 Å². The van der Waals surface area contributed by atoms with Crippen LogP contribution in [0.15, 0.2) is 24.3 Å². The molecular formula is C21H30N2O5. The quantitative estimate of drug-likeness (QED) is 0.725. The van der Waals surface area contributed by atoms with Crippen molar-refractivity contribution >= 4 is 18.0 Å². The number of benzene rings is 1. The van der Waals surface area contributed by atoms with Crippen LogP contribution in [0.1, 0.15) is 70.8 Å². The van der Waals surface area contributed by atoms with E-state index in [0.29, 0.717) is 18.4 Å². The maximum Gasteiger partial charge on any atom is 0.430 e. The molecule has 0 saturated carbocycles. The average molecular weight is 390 g/mol. The van der Waals surface area contributed by atoms with Gasteiger partial charge in [0.15, 0.2) is 5.78 Å². The highest BCUT2D eigenvalue weighted by Crippen LogP contribution is 2.33. The lowest BCUT2D eigenvalue weighted by molar-refractivity contribution is -0.0257. The molecule has 154 valence electrons. The smallest absolute Gasteiger partial charge is 0.430 e. The summed E-state index contributed by atoms with van der Waals surface area (Å²) >= 11 is 0. The monoisotopic (exact) mass is 390 g/mol. The Kier molecular flexibility index (Phi) is 5.78. The molecule has 1 aliphatic rings. The third kappa shape index (κ3) is 5.03. The van der Waals surface area contributed by atoms with Crippen molar-refractivity contribution in [2.24, 2.45) is 0 Å². The summed E-state index contributed by atoms with van der Waals surface area (Å²) in [5, 5.41) is 0.977. The first-order valence-electron chi connectivity index (χ1n) is 9.38. The molecule has 1 aromatic carbocycles. The molecule has 0 radical (unpaired) electrons. The standard InChI is InChI=1S/C21H30N2O5/c1-19(2,3)27-17(25)22-23(18(26)28-20(4,5)6)21(7)13-12-14-10-8-9-11-15(14)16(21)24/h8-11H,12-13H2,1-7H3,(H,22,25)/t21-/m0/s1. The summed E-state index contributed by atoms with van der Waals surface area (Å²) in [7, 11) is 0. The Hall–Kier alpha value is -2.57. The van der Waals surface area contributed by atoms with Crippen LogP contribution in [0.4, 0.5) is 9.59 Å². The molecule has 7 heteroatoms. The molecule has 0 unspecified atom stereocenters. The van der Waals surface area contributed by atoms with Crippen molar-refractivity contribution in [1.82, 2.24) is 10.4 Å². The van der Waals surface area contributed by atoms with E-state index in [0.717, 1.165) is 10.6 Å². The fraction of sp³-hybridized carbons (Fsp3) is 0.571. The molecule has 0 spiro atoms. The number of carbonyl (C=O) groups excluding carboxylic acids is 3. The number of nitrogens with one attached hydrogen (secondary N) is 1. The van der Waals surface area contributed by atoms with Gasteiger partial charge in [0.25, 0.3) is 0 Å². The fourth-order valence-electron chi connectivity index (χ4n) is 3.03. The van der Waals surface area contributed by atoms with Crippen LogP contribution in [-0.4, -0.2) is 39.7 Å². The van der Waals surface area contributed by atoms with Crippen LogP contribution in [0.2, 0.25) is 0 Å². The second-order valence-corrected chi connectivity index (χ2v) is 9.19. The Bertz CT molecular complexity index is 776. The van der Waals surface area contributed by atoms with Crippen LogP contribution < -0.4 is 5.43 Å². The molecule has 1 N–H and O–H groups in total. The number of Topliss-reactive ketones (excluding diaryl/α,β-unsaturated/α-hetero) is 1. The molecule has 2 rings (SSSR count). The number of fused-ring (bicyclic) bond motifs is 1. The molecule has 1 aromatic rings. The number of rotatable bonds is 1. The topological polar surface area (TPSA) is 84.9 Å². The predicted octanol–water partition coefficient (Wildman–Crippen LogP) is 4.25. The van der Waals surface area contributed by atoms with Crippen molar-refractivity contribution in [3.63, 3.8) is 0 Å². The van der Waals surface area contributed by atoms with Gasteiger partial charge in [-0.05, 0) is 66.9 Å². The van der Waals surface area contributed by atoms with Crippen LogP contribution in [0.25, 0.3) is 0 Å². The van der Waals surface area contributed by atoms with E-state index in [-0.39, 0.29) is 5.78 Å². The number of hydrazine groups is 1. The van der Waals surface area contributed by atoms with Crippen molar-refractivity contribution in [1.29, 1.82) is 0 Å². The average Bonchev–Trinajstić information content (AvgIpc) is 2.53. The maximum atomic E-state index is 13.3. The highest BCUT2D eigenvalue weighted by Gasteiger charge is 2.48. The summed E-state index contributed by atoms with van der Waals surface area (Å²) in [5.74, 6) is -0.253. The van der Waals surface area contributed by atoms with Crippen LogP contribution in [0.3, 0.4) is 0 Å². The Morgan fingerprint density at radius 1 is 1.04 bits per heavy atom. The van der Waals surface area contributed by atoms with Gasteiger partial charge in [0.05, 0.1) is 0 Å². The van der Waals surface area contributed by atoms with Gasteiger partial charge in [0.1, 0.15) is 16.7 Å². The second kappa shape index (κ2) is 7.45. The van der Waals surface area contributed by atoms with Crippen LogP contribution >= 0.6 is 0 Å². The Labute approximate surface area is 166 Å². The summed E-state index contributed by atoms with van der Waals surface area (Å²) in [6.45, 7) is 11.9. The fourth-order valence-corrected chi connectivity index (χ4v) is 3.03. The van der Waals surface area contributed by atoms with Crippen LogP contribution in [0, 0.1) is 0 Å². The number of hydrogen-bond acceptors (Lipinski definition) is 5. The molecule has 0 heterocycles. The van der Waals surface area contributed by atoms with E-state index in [4.69, 9.17) is 9.47 Å². The number of carbonyl (C=O) groups is 3. The number of amides is 2. The summed E-state index contributed by atoms with van der Waals surface area (Å²) in [5.41, 5.74) is 1.06. The summed E-state index contributed by atoms with van der Waals surface area (Å²) in [6.07, 6.45) is -0.703. The molecule has 0 aliphatic heterocycles. The van der Waals surface area contributed by atoms with E-state index in [2.05, 4.69) is 5.43 Å². The first kappa shape index (κ1) is 21.7. The molecule has 1 atom stereocenters. The highest BCUT2D eigenvalue weighted by atomic mass is 16.6.